The number of esters is 1. The van der Waals surface area contributed by atoms with Gasteiger partial charge in [-0.05, 0) is 37.0 Å². The van der Waals surface area contributed by atoms with Crippen LogP contribution in [0.5, 0.6) is 5.75 Å². The maximum absolute atomic E-state index is 13.7. The first-order valence-corrected chi connectivity index (χ1v) is 10.6. The maximum Gasteiger partial charge on any atom is 0.310 e. The average Bonchev–Trinajstić information content (AvgIpc) is 3.36. The summed E-state index contributed by atoms with van der Waals surface area (Å²) in [5.74, 6) is -1.49. The molecule has 148 valence electrons. The van der Waals surface area contributed by atoms with Crippen LogP contribution in [0.2, 0.25) is 0 Å². The van der Waals surface area contributed by atoms with E-state index >= 15 is 0 Å². The smallest absolute Gasteiger partial charge is 0.310 e. The molecule has 27 heavy (non-hydrogen) atoms. The second-order valence-corrected chi connectivity index (χ2v) is 9.12. The molecule has 1 heterocycles. The molecule has 0 aromatic heterocycles. The third-order valence-corrected chi connectivity index (χ3v) is 6.50. The molecule has 1 aliphatic heterocycles. The van der Waals surface area contributed by atoms with Crippen molar-refractivity contribution >= 4 is 21.7 Å². The zero-order valence-corrected chi connectivity index (χ0v) is 15.8. The minimum Gasteiger partial charge on any atom is -0.494 e. The number of ether oxygens (including phenoxy) is 2. The highest BCUT2D eigenvalue weighted by atomic mass is 32.2. The highest BCUT2D eigenvalue weighted by Crippen LogP contribution is 2.32. The van der Waals surface area contributed by atoms with Crippen molar-refractivity contribution in [1.29, 1.82) is 0 Å². The van der Waals surface area contributed by atoms with Crippen molar-refractivity contribution in [2.45, 2.75) is 37.8 Å². The third-order valence-electron chi connectivity index (χ3n) is 4.75. The number of nitrogens with zero attached hydrogens (tertiary/aromatic N) is 1. The van der Waals surface area contributed by atoms with Crippen molar-refractivity contribution in [2.75, 3.05) is 25.2 Å². The molecule has 0 N–H and O–H groups in total. The van der Waals surface area contributed by atoms with E-state index in [1.54, 1.807) is 11.0 Å². The molecule has 1 aromatic carbocycles. The number of carbonyl (C=O) groups is 2. The first kappa shape index (κ1) is 19.6. The van der Waals surface area contributed by atoms with Gasteiger partial charge in [-0.25, -0.2) is 12.8 Å². The van der Waals surface area contributed by atoms with Gasteiger partial charge in [-0.2, -0.15) is 0 Å². The Kier molecular flexibility index (Phi) is 5.69. The van der Waals surface area contributed by atoms with Crippen LogP contribution in [0.3, 0.4) is 0 Å². The lowest BCUT2D eigenvalue weighted by Crippen LogP contribution is -2.44. The molecule has 0 bridgehead atoms. The number of halogens is 1. The van der Waals surface area contributed by atoms with Crippen LogP contribution in [0.4, 0.5) is 4.39 Å². The quantitative estimate of drug-likeness (QED) is 0.638. The standard InChI is InChI=1S/C18H22FNO6S/c1-25-16-5-2-12(8-15(16)19)9-18(22)26-10-17(21)20(13-3-4-13)14-6-7-27(23,24)11-14/h2,5,8,13-14H,3-4,6-7,9-11H2,1H3/t14-/m0/s1. The van der Waals surface area contributed by atoms with Crippen molar-refractivity contribution in [1.82, 2.24) is 4.90 Å². The van der Waals surface area contributed by atoms with E-state index in [9.17, 15) is 22.4 Å². The lowest BCUT2D eigenvalue weighted by molar-refractivity contribution is -0.152. The molecule has 1 amide bonds. The minimum absolute atomic E-state index is 0.0326. The van der Waals surface area contributed by atoms with Crippen LogP contribution < -0.4 is 4.74 Å². The first-order chi connectivity index (χ1) is 12.8. The second-order valence-electron chi connectivity index (χ2n) is 6.90. The molecule has 0 unspecified atom stereocenters. The van der Waals surface area contributed by atoms with E-state index in [0.29, 0.717) is 12.0 Å². The lowest BCUT2D eigenvalue weighted by atomic mass is 10.1. The molecule has 0 radical (unpaired) electrons. The highest BCUT2D eigenvalue weighted by molar-refractivity contribution is 7.91. The number of amides is 1. The Morgan fingerprint density at radius 3 is 2.52 bits per heavy atom. The van der Waals surface area contributed by atoms with Crippen LogP contribution in [0.25, 0.3) is 0 Å². The zero-order chi connectivity index (χ0) is 19.6. The van der Waals surface area contributed by atoms with Crippen LogP contribution in [-0.4, -0.2) is 62.5 Å². The monoisotopic (exact) mass is 399 g/mol. The second kappa shape index (κ2) is 7.84. The Morgan fingerprint density at radius 1 is 1.22 bits per heavy atom. The summed E-state index contributed by atoms with van der Waals surface area (Å²) in [5.41, 5.74) is 0.409. The van der Waals surface area contributed by atoms with E-state index in [1.165, 1.54) is 19.2 Å². The highest BCUT2D eigenvalue weighted by Gasteiger charge is 2.42. The average molecular weight is 399 g/mol. The van der Waals surface area contributed by atoms with Crippen molar-refractivity contribution in [3.8, 4) is 5.75 Å². The molecule has 1 atom stereocenters. The zero-order valence-electron chi connectivity index (χ0n) is 15.0. The van der Waals surface area contributed by atoms with Gasteiger partial charge >= 0.3 is 5.97 Å². The summed E-state index contributed by atoms with van der Waals surface area (Å²) in [4.78, 5) is 26.0. The summed E-state index contributed by atoms with van der Waals surface area (Å²) in [6.07, 6.45) is 1.92. The third kappa shape index (κ3) is 4.97. The molecular formula is C18H22FNO6S. The van der Waals surface area contributed by atoms with E-state index in [4.69, 9.17) is 9.47 Å². The minimum atomic E-state index is -3.11. The van der Waals surface area contributed by atoms with E-state index < -0.39 is 28.2 Å². The van der Waals surface area contributed by atoms with Crippen LogP contribution in [0, 0.1) is 5.82 Å². The van der Waals surface area contributed by atoms with Crippen LogP contribution in [-0.2, 0) is 30.6 Å². The number of sulfone groups is 1. The number of rotatable bonds is 7. The predicted molar refractivity (Wildman–Crippen MR) is 94.5 cm³/mol. The predicted octanol–water partition coefficient (Wildman–Crippen LogP) is 1.10. The molecule has 9 heteroatoms. The van der Waals surface area contributed by atoms with Gasteiger partial charge in [-0.15, -0.1) is 0 Å². The summed E-state index contributed by atoms with van der Waals surface area (Å²) in [6.45, 7) is -0.440. The Hall–Kier alpha value is -2.16. The molecule has 1 saturated carbocycles. The fourth-order valence-electron chi connectivity index (χ4n) is 3.31. The number of hydrogen-bond donors (Lipinski definition) is 0. The van der Waals surface area contributed by atoms with Crippen LogP contribution >= 0.6 is 0 Å². The van der Waals surface area contributed by atoms with E-state index in [0.717, 1.165) is 12.8 Å². The van der Waals surface area contributed by atoms with Gasteiger partial charge in [0, 0.05) is 12.1 Å². The van der Waals surface area contributed by atoms with Gasteiger partial charge in [-0.1, -0.05) is 6.07 Å². The van der Waals surface area contributed by atoms with E-state index in [1.807, 2.05) is 0 Å². The van der Waals surface area contributed by atoms with Crippen molar-refractivity contribution in [3.05, 3.63) is 29.6 Å². The molecule has 2 fully saturated rings. The Morgan fingerprint density at radius 2 is 1.96 bits per heavy atom. The summed E-state index contributed by atoms with van der Waals surface area (Å²) in [5, 5.41) is 0. The molecular weight excluding hydrogens is 377 g/mol. The van der Waals surface area contributed by atoms with Gasteiger partial charge < -0.3 is 14.4 Å². The molecule has 3 rings (SSSR count). The number of methoxy groups -OCH3 is 1. The SMILES string of the molecule is COc1ccc(CC(=O)OCC(=O)N(C2CC2)[C@H]2CCS(=O)(=O)C2)cc1F. The summed E-state index contributed by atoms with van der Waals surface area (Å²) in [7, 11) is -1.76. The Balaban J connectivity index is 1.54. The molecule has 7 nitrogen and oxygen atoms in total. The van der Waals surface area contributed by atoms with Gasteiger partial charge in [0.2, 0.25) is 0 Å². The van der Waals surface area contributed by atoms with E-state index in [2.05, 4.69) is 0 Å². The first-order valence-electron chi connectivity index (χ1n) is 8.78. The summed E-state index contributed by atoms with van der Waals surface area (Å²) in [6, 6.07) is 3.83. The van der Waals surface area contributed by atoms with Gasteiger partial charge in [-0.3, -0.25) is 9.59 Å². The lowest BCUT2D eigenvalue weighted by Gasteiger charge is -2.28. The Bertz CT molecular complexity index is 836. The number of carbonyl (C=O) groups excluding carboxylic acids is 2. The largest absolute Gasteiger partial charge is 0.494 e. The van der Waals surface area contributed by atoms with Gasteiger partial charge in [0.1, 0.15) is 0 Å². The van der Waals surface area contributed by atoms with Crippen LogP contribution in [0.1, 0.15) is 24.8 Å². The summed E-state index contributed by atoms with van der Waals surface area (Å²) >= 11 is 0. The maximum atomic E-state index is 13.7. The molecule has 1 aromatic rings. The number of hydrogen-bond acceptors (Lipinski definition) is 6. The normalized spacial score (nSPS) is 20.9. The van der Waals surface area contributed by atoms with Gasteiger partial charge in [0.05, 0.1) is 25.0 Å². The fraction of sp³-hybridized carbons (Fsp3) is 0.556. The van der Waals surface area contributed by atoms with Crippen LogP contribution in [0.15, 0.2) is 18.2 Å². The molecule has 1 saturated heterocycles. The van der Waals surface area contributed by atoms with Crippen molar-refractivity contribution < 1.29 is 31.9 Å². The van der Waals surface area contributed by atoms with E-state index in [-0.39, 0.29) is 41.7 Å². The van der Waals surface area contributed by atoms with Crippen molar-refractivity contribution in [2.24, 2.45) is 0 Å². The van der Waals surface area contributed by atoms with Gasteiger partial charge in [0.15, 0.2) is 28.0 Å². The topological polar surface area (TPSA) is 90.0 Å². The molecule has 2 aliphatic rings. The summed E-state index contributed by atoms with van der Waals surface area (Å²) < 4.78 is 46.9. The fourth-order valence-corrected chi connectivity index (χ4v) is 5.02. The number of benzene rings is 1. The van der Waals surface area contributed by atoms with Crippen molar-refractivity contribution in [3.63, 3.8) is 0 Å². The van der Waals surface area contributed by atoms with Gasteiger partial charge in [0.25, 0.3) is 5.91 Å². The Labute approximate surface area is 157 Å². The molecule has 0 spiro atoms. The molecule has 1 aliphatic carbocycles.